The summed E-state index contributed by atoms with van der Waals surface area (Å²) in [4.78, 5) is 2.87. The van der Waals surface area contributed by atoms with Gasteiger partial charge in [0.2, 0.25) is 0 Å². The van der Waals surface area contributed by atoms with E-state index in [2.05, 4.69) is 4.90 Å². The first-order valence-electron chi connectivity index (χ1n) is 4.82. The number of nitrogens with two attached hydrogens (primary N) is 1. The lowest BCUT2D eigenvalue weighted by atomic mass is 10.3. The number of rotatable bonds is 7. The van der Waals surface area contributed by atoms with Gasteiger partial charge in [-0.15, -0.1) is 0 Å². The normalized spacial score (nSPS) is 16.5. The van der Waals surface area contributed by atoms with Gasteiger partial charge in [0.25, 0.3) is 0 Å². The van der Waals surface area contributed by atoms with E-state index in [1.807, 2.05) is 0 Å². The van der Waals surface area contributed by atoms with E-state index in [1.54, 1.807) is 0 Å². The quantitative estimate of drug-likeness (QED) is 0.637. The second-order valence-corrected chi connectivity index (χ2v) is 4.05. The lowest BCUT2D eigenvalue weighted by Gasteiger charge is -2.20. The van der Waals surface area contributed by atoms with E-state index in [0.29, 0.717) is 17.5 Å². The Morgan fingerprint density at radius 3 is 2.62 bits per heavy atom. The van der Waals surface area contributed by atoms with E-state index in [9.17, 15) is 4.39 Å². The average Bonchev–Trinajstić information content (AvgIpc) is 2.87. The van der Waals surface area contributed by atoms with Crippen LogP contribution in [0.1, 0.15) is 25.7 Å². The van der Waals surface area contributed by atoms with Crippen LogP contribution in [0, 0.1) is 0 Å². The molecule has 1 rings (SSSR count). The van der Waals surface area contributed by atoms with Crippen molar-refractivity contribution in [3.8, 4) is 0 Å². The van der Waals surface area contributed by atoms with E-state index in [4.69, 9.17) is 18.0 Å². The summed E-state index contributed by atoms with van der Waals surface area (Å²) >= 11 is 4.81. The molecule has 0 radical (unpaired) electrons. The van der Waals surface area contributed by atoms with Crippen LogP contribution in [0.2, 0.25) is 0 Å². The van der Waals surface area contributed by atoms with Crippen molar-refractivity contribution in [2.24, 2.45) is 5.73 Å². The Hall–Kier alpha value is -0.220. The maximum absolute atomic E-state index is 12.0. The molecule has 2 nitrogen and oxygen atoms in total. The van der Waals surface area contributed by atoms with Crippen LogP contribution in [0.15, 0.2) is 0 Å². The Labute approximate surface area is 84.3 Å². The van der Waals surface area contributed by atoms with Gasteiger partial charge < -0.3 is 5.73 Å². The predicted octanol–water partition coefficient (Wildman–Crippen LogP) is 1.49. The van der Waals surface area contributed by atoms with Crippen molar-refractivity contribution >= 4 is 17.2 Å². The smallest absolute Gasteiger partial charge is 0.0906 e. The number of nitrogens with zero attached hydrogens (tertiary/aromatic N) is 1. The molecule has 0 bridgehead atoms. The van der Waals surface area contributed by atoms with Gasteiger partial charge in [-0.25, -0.2) is 0 Å². The van der Waals surface area contributed by atoms with Crippen molar-refractivity contribution in [2.75, 3.05) is 19.8 Å². The van der Waals surface area contributed by atoms with Crippen molar-refractivity contribution in [2.45, 2.75) is 31.7 Å². The summed E-state index contributed by atoms with van der Waals surface area (Å²) in [6, 6.07) is 0.681. The highest BCUT2D eigenvalue weighted by Crippen LogP contribution is 2.26. The first-order chi connectivity index (χ1) is 6.24. The third-order valence-corrected chi connectivity index (χ3v) is 2.49. The molecule has 1 aliphatic carbocycles. The second kappa shape index (κ2) is 5.50. The van der Waals surface area contributed by atoms with Crippen LogP contribution in [0.25, 0.3) is 0 Å². The highest BCUT2D eigenvalue weighted by atomic mass is 32.1. The molecule has 1 aliphatic rings. The summed E-state index contributed by atoms with van der Waals surface area (Å²) < 4.78 is 12.0. The molecule has 4 heteroatoms. The average molecular weight is 204 g/mol. The van der Waals surface area contributed by atoms with E-state index in [1.165, 1.54) is 12.8 Å². The van der Waals surface area contributed by atoms with Gasteiger partial charge in [0.1, 0.15) is 0 Å². The zero-order valence-electron chi connectivity index (χ0n) is 7.84. The minimum atomic E-state index is -0.226. The Kier molecular flexibility index (Phi) is 4.59. The van der Waals surface area contributed by atoms with Gasteiger partial charge in [-0.3, -0.25) is 9.29 Å². The Bertz CT molecular complexity index is 171. The van der Waals surface area contributed by atoms with Crippen LogP contribution in [0.3, 0.4) is 0 Å². The van der Waals surface area contributed by atoms with Gasteiger partial charge in [0.05, 0.1) is 11.7 Å². The third-order valence-electron chi connectivity index (χ3n) is 2.29. The SMILES string of the molecule is NC(=S)CCN(CCCF)C1CC1. The number of halogens is 1. The summed E-state index contributed by atoms with van der Waals surface area (Å²) in [6.45, 7) is 1.53. The van der Waals surface area contributed by atoms with Crippen molar-refractivity contribution in [3.63, 3.8) is 0 Å². The molecular weight excluding hydrogens is 187 g/mol. The lowest BCUT2D eigenvalue weighted by Crippen LogP contribution is -2.30. The van der Waals surface area contributed by atoms with Crippen LogP contribution in [0.5, 0.6) is 0 Å². The van der Waals surface area contributed by atoms with E-state index < -0.39 is 0 Å². The topological polar surface area (TPSA) is 29.3 Å². The van der Waals surface area contributed by atoms with Gasteiger partial charge in [0, 0.05) is 25.6 Å². The summed E-state index contributed by atoms with van der Waals surface area (Å²) in [7, 11) is 0. The Morgan fingerprint density at radius 2 is 2.15 bits per heavy atom. The molecule has 0 heterocycles. The first-order valence-corrected chi connectivity index (χ1v) is 5.23. The van der Waals surface area contributed by atoms with Gasteiger partial charge in [0.15, 0.2) is 0 Å². The minimum Gasteiger partial charge on any atom is -0.393 e. The standard InChI is InChI=1S/C9H17FN2S/c10-5-1-6-12(8-2-3-8)7-4-9(11)13/h8H,1-7H2,(H2,11,13). The molecule has 13 heavy (non-hydrogen) atoms. The number of alkyl halides is 1. The first kappa shape index (κ1) is 10.9. The maximum atomic E-state index is 12.0. The van der Waals surface area contributed by atoms with Gasteiger partial charge >= 0.3 is 0 Å². The number of thiocarbonyl (C=S) groups is 1. The van der Waals surface area contributed by atoms with Crippen molar-refractivity contribution < 1.29 is 4.39 Å². The predicted molar refractivity (Wildman–Crippen MR) is 56.6 cm³/mol. The molecule has 1 fully saturated rings. The van der Waals surface area contributed by atoms with Crippen molar-refractivity contribution in [1.82, 2.24) is 4.90 Å². The molecular formula is C9H17FN2S. The molecule has 0 aromatic carbocycles. The van der Waals surface area contributed by atoms with Crippen molar-refractivity contribution in [3.05, 3.63) is 0 Å². The molecule has 2 N–H and O–H groups in total. The fourth-order valence-corrected chi connectivity index (χ4v) is 1.52. The van der Waals surface area contributed by atoms with E-state index in [-0.39, 0.29) is 6.67 Å². The fraction of sp³-hybridized carbons (Fsp3) is 0.889. The molecule has 0 atom stereocenters. The molecule has 1 saturated carbocycles. The highest BCUT2D eigenvalue weighted by molar-refractivity contribution is 7.80. The molecule has 0 aliphatic heterocycles. The van der Waals surface area contributed by atoms with Crippen molar-refractivity contribution in [1.29, 1.82) is 0 Å². The van der Waals surface area contributed by atoms with Crippen LogP contribution in [-0.2, 0) is 0 Å². The molecule has 0 aromatic heterocycles. The zero-order valence-corrected chi connectivity index (χ0v) is 8.65. The molecule has 0 unspecified atom stereocenters. The fourth-order valence-electron chi connectivity index (χ4n) is 1.43. The molecule has 0 aromatic rings. The number of hydrogen-bond acceptors (Lipinski definition) is 2. The largest absolute Gasteiger partial charge is 0.393 e. The van der Waals surface area contributed by atoms with Crippen LogP contribution >= 0.6 is 12.2 Å². The minimum absolute atomic E-state index is 0.226. The van der Waals surface area contributed by atoms with Crippen LogP contribution < -0.4 is 5.73 Å². The third kappa shape index (κ3) is 4.52. The van der Waals surface area contributed by atoms with Crippen LogP contribution in [-0.4, -0.2) is 35.7 Å². The Morgan fingerprint density at radius 1 is 1.46 bits per heavy atom. The van der Waals surface area contributed by atoms with E-state index in [0.717, 1.165) is 19.5 Å². The second-order valence-electron chi connectivity index (χ2n) is 3.53. The van der Waals surface area contributed by atoms with Crippen LogP contribution in [0.4, 0.5) is 4.39 Å². The highest BCUT2D eigenvalue weighted by Gasteiger charge is 2.27. The van der Waals surface area contributed by atoms with Gasteiger partial charge in [-0.2, -0.15) is 0 Å². The summed E-state index contributed by atoms with van der Waals surface area (Å²) in [6.07, 6.45) is 3.90. The maximum Gasteiger partial charge on any atom is 0.0906 e. The van der Waals surface area contributed by atoms with Gasteiger partial charge in [-0.1, -0.05) is 12.2 Å². The Balaban J connectivity index is 2.17. The summed E-state index contributed by atoms with van der Waals surface area (Å²) in [5.41, 5.74) is 5.42. The molecule has 0 spiro atoms. The molecule has 0 amide bonds. The monoisotopic (exact) mass is 204 g/mol. The van der Waals surface area contributed by atoms with Gasteiger partial charge in [-0.05, 0) is 19.3 Å². The zero-order chi connectivity index (χ0) is 9.68. The number of hydrogen-bond donors (Lipinski definition) is 1. The summed E-state index contributed by atoms with van der Waals surface area (Å²) in [5, 5.41) is 0. The molecule has 0 saturated heterocycles. The molecule has 76 valence electrons. The summed E-state index contributed by atoms with van der Waals surface area (Å²) in [5.74, 6) is 0. The van der Waals surface area contributed by atoms with E-state index >= 15 is 0 Å². The lowest BCUT2D eigenvalue weighted by molar-refractivity contribution is 0.256.